The first-order valence-corrected chi connectivity index (χ1v) is 12.2. The molecular formula is C28H34N2O4. The third kappa shape index (κ3) is 4.68. The fourth-order valence-corrected chi connectivity index (χ4v) is 4.65. The van der Waals surface area contributed by atoms with Crippen LogP contribution < -0.4 is 19.5 Å². The molecule has 1 aromatic heterocycles. The zero-order valence-corrected chi connectivity index (χ0v) is 20.6. The average molecular weight is 463 g/mol. The highest BCUT2D eigenvalue weighted by Gasteiger charge is 2.31. The number of Topliss-reactive ketones (excluding diaryl/α,β-unsaturated/α-hetero) is 1. The Balaban J connectivity index is 1.68. The molecule has 2 aromatic carbocycles. The van der Waals surface area contributed by atoms with Crippen molar-refractivity contribution < 1.29 is 24.3 Å². The number of aromatic nitrogens is 1. The molecule has 0 amide bonds. The summed E-state index contributed by atoms with van der Waals surface area (Å²) in [5.41, 5.74) is 2.99. The molecule has 3 aromatic rings. The maximum absolute atomic E-state index is 13.2. The van der Waals surface area contributed by atoms with Crippen LogP contribution in [0.25, 0.3) is 17.0 Å². The summed E-state index contributed by atoms with van der Waals surface area (Å²) in [6, 6.07) is 8.98. The van der Waals surface area contributed by atoms with Crippen molar-refractivity contribution in [1.29, 1.82) is 0 Å². The summed E-state index contributed by atoms with van der Waals surface area (Å²) in [6.07, 6.45) is 8.19. The van der Waals surface area contributed by atoms with Gasteiger partial charge in [0, 0.05) is 35.3 Å². The highest BCUT2D eigenvalue weighted by molar-refractivity contribution is 6.15. The molecule has 2 heterocycles. The number of hydrogen-bond acceptors (Lipinski definition) is 4. The second kappa shape index (κ2) is 10.3. The Morgan fingerprint density at radius 1 is 1.12 bits per heavy atom. The summed E-state index contributed by atoms with van der Waals surface area (Å²) in [5, 5.41) is 13.8. The number of fused-ring (bicyclic) bond motifs is 2. The van der Waals surface area contributed by atoms with E-state index < -0.39 is 0 Å². The van der Waals surface area contributed by atoms with E-state index >= 15 is 0 Å². The molecule has 34 heavy (non-hydrogen) atoms. The molecule has 1 N–H and O–H groups in total. The van der Waals surface area contributed by atoms with E-state index in [2.05, 4.69) is 13.8 Å². The van der Waals surface area contributed by atoms with Crippen LogP contribution in [-0.4, -0.2) is 30.5 Å². The van der Waals surface area contributed by atoms with Crippen molar-refractivity contribution in [3.63, 3.8) is 0 Å². The van der Waals surface area contributed by atoms with Crippen LogP contribution in [0.2, 0.25) is 0 Å². The van der Waals surface area contributed by atoms with Crippen LogP contribution >= 0.6 is 0 Å². The minimum absolute atomic E-state index is 0.0619. The van der Waals surface area contributed by atoms with E-state index in [1.165, 1.54) is 11.0 Å². The molecule has 0 aliphatic carbocycles. The van der Waals surface area contributed by atoms with Crippen LogP contribution in [0.1, 0.15) is 61.0 Å². The van der Waals surface area contributed by atoms with E-state index in [9.17, 15) is 9.90 Å². The molecule has 0 bridgehead atoms. The average Bonchev–Trinajstić information content (AvgIpc) is 3.33. The number of methoxy groups -OCH3 is 1. The zero-order chi connectivity index (χ0) is 24.2. The number of hydrogen-bond donors (Lipinski definition) is 1. The summed E-state index contributed by atoms with van der Waals surface area (Å²) in [7, 11) is 3.60. The number of quaternary nitrogens is 1. The van der Waals surface area contributed by atoms with Gasteiger partial charge in [0.15, 0.2) is 5.76 Å². The van der Waals surface area contributed by atoms with Gasteiger partial charge < -0.3 is 24.0 Å². The first-order valence-electron chi connectivity index (χ1n) is 12.2. The normalized spacial score (nSPS) is 14.3. The molecule has 4 rings (SSSR count). The number of aryl methyl sites for hydroxylation is 1. The van der Waals surface area contributed by atoms with Crippen molar-refractivity contribution >= 4 is 22.8 Å². The number of carbonyl (C=O) groups is 1. The van der Waals surface area contributed by atoms with Gasteiger partial charge in [-0.15, -0.1) is 0 Å². The van der Waals surface area contributed by atoms with Gasteiger partial charge in [-0.05, 0) is 43.2 Å². The number of unbranched alkanes of at least 4 members (excludes halogenated alkanes) is 2. The third-order valence-corrected chi connectivity index (χ3v) is 6.61. The molecule has 0 fully saturated rings. The summed E-state index contributed by atoms with van der Waals surface area (Å²) in [4.78, 5) is 14.6. The van der Waals surface area contributed by atoms with Gasteiger partial charge in [0.2, 0.25) is 5.78 Å². The monoisotopic (exact) mass is 462 g/mol. The van der Waals surface area contributed by atoms with Crippen LogP contribution in [0.3, 0.4) is 0 Å². The zero-order valence-electron chi connectivity index (χ0n) is 20.6. The van der Waals surface area contributed by atoms with E-state index in [0.29, 0.717) is 23.4 Å². The largest absolute Gasteiger partial charge is 0.872 e. The molecular weight excluding hydrogens is 428 g/mol. The molecule has 0 saturated carbocycles. The lowest BCUT2D eigenvalue weighted by atomic mass is 10.0. The minimum atomic E-state index is -0.181. The molecule has 0 atom stereocenters. The van der Waals surface area contributed by atoms with Crippen molar-refractivity contribution in [2.45, 2.75) is 46.1 Å². The van der Waals surface area contributed by atoms with Crippen LogP contribution in [0.5, 0.6) is 17.2 Å². The van der Waals surface area contributed by atoms with E-state index in [1.807, 2.05) is 36.0 Å². The van der Waals surface area contributed by atoms with Crippen molar-refractivity contribution in [2.75, 3.05) is 20.2 Å². The molecule has 0 saturated heterocycles. The summed E-state index contributed by atoms with van der Waals surface area (Å²) in [5.74, 6) is 1.20. The Hall–Kier alpha value is -3.25. The highest BCUT2D eigenvalue weighted by atomic mass is 16.5. The van der Waals surface area contributed by atoms with Crippen LogP contribution in [0, 0.1) is 0 Å². The number of carbonyl (C=O) groups excluding carboxylic acids is 1. The van der Waals surface area contributed by atoms with Crippen molar-refractivity contribution in [3.8, 4) is 17.2 Å². The quantitative estimate of drug-likeness (QED) is 0.465. The van der Waals surface area contributed by atoms with Gasteiger partial charge >= 0.3 is 0 Å². The number of allylic oxidation sites excluding steroid dienone is 1. The number of nitrogens with zero attached hydrogens (tertiary/aromatic N) is 1. The smallest absolute Gasteiger partial charge is 0.231 e. The lowest BCUT2D eigenvalue weighted by Crippen LogP contribution is -3.10. The summed E-state index contributed by atoms with van der Waals surface area (Å²) in [6.45, 7) is 6.95. The minimum Gasteiger partial charge on any atom is -0.872 e. The molecule has 1 aliphatic rings. The van der Waals surface area contributed by atoms with Crippen molar-refractivity contribution in [2.24, 2.45) is 7.05 Å². The number of ether oxygens (including phenoxy) is 2. The van der Waals surface area contributed by atoms with Crippen molar-refractivity contribution in [1.82, 2.24) is 4.57 Å². The van der Waals surface area contributed by atoms with Gasteiger partial charge in [-0.3, -0.25) is 4.79 Å². The first kappa shape index (κ1) is 23.9. The van der Waals surface area contributed by atoms with E-state index in [4.69, 9.17) is 9.47 Å². The third-order valence-electron chi connectivity index (χ3n) is 6.61. The van der Waals surface area contributed by atoms with Crippen LogP contribution in [0.15, 0.2) is 42.3 Å². The fraction of sp³-hybridized carbons (Fsp3) is 0.393. The first-order chi connectivity index (χ1) is 16.5. The van der Waals surface area contributed by atoms with E-state index in [0.717, 1.165) is 61.0 Å². The topological polar surface area (TPSA) is 68.0 Å². The predicted octanol–water partition coefficient (Wildman–Crippen LogP) is 3.86. The Kier molecular flexibility index (Phi) is 7.27. The lowest BCUT2D eigenvalue weighted by Gasteiger charge is -2.23. The Bertz CT molecular complexity index is 1220. The molecule has 6 nitrogen and oxygen atoms in total. The van der Waals surface area contributed by atoms with Crippen molar-refractivity contribution in [3.05, 3.63) is 59.0 Å². The maximum Gasteiger partial charge on any atom is 0.231 e. The second-order valence-electron chi connectivity index (χ2n) is 9.07. The molecule has 0 spiro atoms. The fourth-order valence-electron chi connectivity index (χ4n) is 4.65. The number of benzene rings is 2. The van der Waals surface area contributed by atoms with Crippen LogP contribution in [0.4, 0.5) is 0 Å². The molecule has 180 valence electrons. The van der Waals surface area contributed by atoms with E-state index in [-0.39, 0.29) is 17.3 Å². The summed E-state index contributed by atoms with van der Waals surface area (Å²) >= 11 is 0. The molecule has 6 heteroatoms. The molecule has 0 unspecified atom stereocenters. The molecule has 0 radical (unpaired) electrons. The maximum atomic E-state index is 13.2. The van der Waals surface area contributed by atoms with Gasteiger partial charge in [-0.25, -0.2) is 0 Å². The predicted molar refractivity (Wildman–Crippen MR) is 133 cm³/mol. The number of rotatable bonds is 10. The number of ketones is 1. The summed E-state index contributed by atoms with van der Waals surface area (Å²) < 4.78 is 13.5. The van der Waals surface area contributed by atoms with Gasteiger partial charge in [0.25, 0.3) is 0 Å². The standard InChI is InChI=1S/C28H34N2O4/c1-5-7-13-30(14-8-6-2)18-23-25(31)12-10-21-27(32)26(34-28(21)23)15-19-17-29(3)24-11-9-20(33-4)16-22(19)24/h9-12,15-17,31H,5-8,13-14,18H2,1-4H3/b26-15+. The SMILES string of the molecule is CCCC[NH+](CCCC)Cc1c([O-])ccc2c1O/C(=C/c1cn(C)c3ccc(OC)cc13)C2=O. The van der Waals surface area contributed by atoms with Gasteiger partial charge in [-0.1, -0.05) is 38.5 Å². The lowest BCUT2D eigenvalue weighted by molar-refractivity contribution is -0.914. The Morgan fingerprint density at radius 2 is 1.85 bits per heavy atom. The Morgan fingerprint density at radius 3 is 2.53 bits per heavy atom. The van der Waals surface area contributed by atoms with E-state index in [1.54, 1.807) is 19.3 Å². The van der Waals surface area contributed by atoms with Gasteiger partial charge in [0.1, 0.15) is 18.0 Å². The second-order valence-corrected chi connectivity index (χ2v) is 9.07. The Labute approximate surface area is 201 Å². The highest BCUT2D eigenvalue weighted by Crippen LogP contribution is 2.39. The number of nitrogens with one attached hydrogen (secondary N) is 1. The van der Waals surface area contributed by atoms with Crippen LogP contribution in [-0.2, 0) is 13.6 Å². The molecule has 1 aliphatic heterocycles. The van der Waals surface area contributed by atoms with Gasteiger partial charge in [-0.2, -0.15) is 0 Å². The van der Waals surface area contributed by atoms with Gasteiger partial charge in [0.05, 0.1) is 25.8 Å².